The zero-order valence-corrected chi connectivity index (χ0v) is 15.4. The molecule has 1 N–H and O–H groups in total. The number of carbonyl (C=O) groups excluding carboxylic acids is 1. The third-order valence-corrected chi connectivity index (χ3v) is 4.87. The maximum absolute atomic E-state index is 13.0. The Morgan fingerprint density at radius 2 is 1.81 bits per heavy atom. The van der Waals surface area contributed by atoms with Crippen LogP contribution in [0.3, 0.4) is 0 Å². The number of amides is 1. The predicted molar refractivity (Wildman–Crippen MR) is 108 cm³/mol. The van der Waals surface area contributed by atoms with Crippen molar-refractivity contribution in [3.8, 4) is 0 Å². The van der Waals surface area contributed by atoms with Crippen molar-refractivity contribution >= 4 is 33.4 Å². The lowest BCUT2D eigenvalue weighted by molar-refractivity contribution is 0.102. The first kappa shape index (κ1) is 17.0. The van der Waals surface area contributed by atoms with Gasteiger partial charge in [-0.25, -0.2) is 0 Å². The third-order valence-electron chi connectivity index (χ3n) is 4.87. The van der Waals surface area contributed by atoms with Crippen LogP contribution in [0.4, 0.5) is 5.69 Å². The summed E-state index contributed by atoms with van der Waals surface area (Å²) in [6, 6.07) is 15.1. The molecule has 2 aromatic heterocycles. The lowest BCUT2D eigenvalue weighted by Gasteiger charge is -2.12. The molecule has 134 valence electrons. The minimum absolute atomic E-state index is 0.0169. The molecule has 5 nitrogen and oxygen atoms in total. The van der Waals surface area contributed by atoms with E-state index in [0.29, 0.717) is 22.3 Å². The quantitative estimate of drug-likeness (QED) is 0.591. The van der Waals surface area contributed by atoms with Gasteiger partial charge < -0.3 is 9.88 Å². The molecule has 5 heteroatoms. The Balaban J connectivity index is 1.77. The molecule has 0 atom stereocenters. The number of nitrogens with one attached hydrogen (secondary N) is 1. The van der Waals surface area contributed by atoms with Gasteiger partial charge in [0.25, 0.3) is 11.5 Å². The van der Waals surface area contributed by atoms with E-state index in [2.05, 4.69) is 10.3 Å². The van der Waals surface area contributed by atoms with Crippen molar-refractivity contribution in [2.24, 2.45) is 7.05 Å². The summed E-state index contributed by atoms with van der Waals surface area (Å²) in [7, 11) is 1.75. The highest BCUT2D eigenvalue weighted by molar-refractivity contribution is 6.13. The van der Waals surface area contributed by atoms with Crippen LogP contribution < -0.4 is 10.9 Å². The van der Waals surface area contributed by atoms with Crippen LogP contribution in [0.25, 0.3) is 21.8 Å². The van der Waals surface area contributed by atoms with Gasteiger partial charge in [0.15, 0.2) is 0 Å². The second kappa shape index (κ2) is 6.36. The molecule has 0 aliphatic carbocycles. The van der Waals surface area contributed by atoms with Gasteiger partial charge in [-0.3, -0.25) is 14.6 Å². The molecule has 4 rings (SSSR count). The van der Waals surface area contributed by atoms with Crippen LogP contribution in [0.2, 0.25) is 0 Å². The van der Waals surface area contributed by atoms with E-state index < -0.39 is 0 Å². The first-order valence-electron chi connectivity index (χ1n) is 8.72. The first-order chi connectivity index (χ1) is 13.0. The lowest BCUT2D eigenvalue weighted by Crippen LogP contribution is -2.19. The summed E-state index contributed by atoms with van der Waals surface area (Å²) in [5.74, 6) is -0.197. The Morgan fingerprint density at radius 1 is 1.00 bits per heavy atom. The molecule has 0 fully saturated rings. The van der Waals surface area contributed by atoms with E-state index in [-0.39, 0.29) is 11.5 Å². The van der Waals surface area contributed by atoms with E-state index in [9.17, 15) is 9.59 Å². The Bertz CT molecular complexity index is 1270. The number of hydrogen-bond donors (Lipinski definition) is 1. The van der Waals surface area contributed by atoms with Crippen molar-refractivity contribution < 1.29 is 4.79 Å². The van der Waals surface area contributed by atoms with Crippen LogP contribution in [-0.2, 0) is 7.05 Å². The van der Waals surface area contributed by atoms with Gasteiger partial charge in [0.2, 0.25) is 0 Å². The topological polar surface area (TPSA) is 64.0 Å². The smallest absolute Gasteiger partial charge is 0.258 e. The summed E-state index contributed by atoms with van der Waals surface area (Å²) in [5.41, 5.74) is 4.29. The zero-order chi connectivity index (χ0) is 19.1. The van der Waals surface area contributed by atoms with Crippen molar-refractivity contribution in [2.45, 2.75) is 13.8 Å². The highest BCUT2D eigenvalue weighted by atomic mass is 16.1. The number of nitrogens with zero attached hydrogens (tertiary/aromatic N) is 2. The molecule has 0 saturated carbocycles. The SMILES string of the molecule is Cc1ccc2cccnc2c1C(=O)Nc1ccc2c(c1)cc(C)c(=O)n2C. The Labute approximate surface area is 156 Å². The number of hydrogen-bond acceptors (Lipinski definition) is 3. The second-order valence-electron chi connectivity index (χ2n) is 6.75. The summed E-state index contributed by atoms with van der Waals surface area (Å²) in [4.78, 5) is 29.4. The van der Waals surface area contributed by atoms with Crippen LogP contribution in [0, 0.1) is 13.8 Å². The van der Waals surface area contributed by atoms with Crippen LogP contribution in [0.1, 0.15) is 21.5 Å². The van der Waals surface area contributed by atoms with E-state index in [1.807, 2.05) is 55.5 Å². The number of carbonyl (C=O) groups is 1. The molecule has 27 heavy (non-hydrogen) atoms. The van der Waals surface area contributed by atoms with Gasteiger partial charge >= 0.3 is 0 Å². The van der Waals surface area contributed by atoms with E-state index >= 15 is 0 Å². The van der Waals surface area contributed by atoms with Crippen LogP contribution in [-0.4, -0.2) is 15.5 Å². The number of anilines is 1. The number of rotatable bonds is 2. The fourth-order valence-electron chi connectivity index (χ4n) is 3.45. The zero-order valence-electron chi connectivity index (χ0n) is 15.4. The normalized spacial score (nSPS) is 11.1. The van der Waals surface area contributed by atoms with Crippen molar-refractivity contribution in [1.82, 2.24) is 9.55 Å². The minimum Gasteiger partial charge on any atom is -0.322 e. The van der Waals surface area contributed by atoms with E-state index in [1.54, 1.807) is 24.7 Å². The number of aromatic nitrogens is 2. The maximum Gasteiger partial charge on any atom is 0.258 e. The van der Waals surface area contributed by atoms with Gasteiger partial charge in [-0.2, -0.15) is 0 Å². The van der Waals surface area contributed by atoms with Crippen molar-refractivity contribution in [3.63, 3.8) is 0 Å². The van der Waals surface area contributed by atoms with Gasteiger partial charge in [-0.1, -0.05) is 18.2 Å². The number of fused-ring (bicyclic) bond motifs is 2. The molecule has 0 saturated heterocycles. The molecule has 0 bridgehead atoms. The summed E-state index contributed by atoms with van der Waals surface area (Å²) in [6.45, 7) is 3.70. The Hall–Kier alpha value is -3.47. The highest BCUT2D eigenvalue weighted by Crippen LogP contribution is 2.23. The molecule has 2 aromatic carbocycles. The number of benzene rings is 2. The van der Waals surface area contributed by atoms with Gasteiger partial charge in [-0.05, 0) is 49.7 Å². The van der Waals surface area contributed by atoms with Gasteiger partial charge in [0.1, 0.15) is 0 Å². The highest BCUT2D eigenvalue weighted by Gasteiger charge is 2.15. The number of aryl methyl sites for hydroxylation is 3. The average Bonchev–Trinajstić information content (AvgIpc) is 2.66. The molecule has 0 spiro atoms. The predicted octanol–water partition coefficient (Wildman–Crippen LogP) is 3.96. The largest absolute Gasteiger partial charge is 0.322 e. The molecule has 0 aliphatic heterocycles. The monoisotopic (exact) mass is 357 g/mol. The lowest BCUT2D eigenvalue weighted by atomic mass is 10.0. The van der Waals surface area contributed by atoms with E-state index in [0.717, 1.165) is 21.9 Å². The Morgan fingerprint density at radius 3 is 2.63 bits per heavy atom. The maximum atomic E-state index is 13.0. The van der Waals surface area contributed by atoms with Crippen molar-refractivity contribution in [2.75, 3.05) is 5.32 Å². The summed E-state index contributed by atoms with van der Waals surface area (Å²) < 4.78 is 1.62. The van der Waals surface area contributed by atoms with Crippen LogP contribution in [0.5, 0.6) is 0 Å². The second-order valence-corrected chi connectivity index (χ2v) is 6.75. The molecule has 4 aromatic rings. The molecular formula is C22H19N3O2. The summed E-state index contributed by atoms with van der Waals surface area (Å²) >= 11 is 0. The molecule has 0 radical (unpaired) electrons. The molecule has 1 amide bonds. The van der Waals surface area contributed by atoms with Gasteiger partial charge in [-0.15, -0.1) is 0 Å². The Kier molecular flexibility index (Phi) is 4.00. The van der Waals surface area contributed by atoms with E-state index in [4.69, 9.17) is 0 Å². The van der Waals surface area contributed by atoms with Crippen molar-refractivity contribution in [3.05, 3.63) is 81.8 Å². The van der Waals surface area contributed by atoms with Crippen LogP contribution in [0.15, 0.2) is 59.5 Å². The van der Waals surface area contributed by atoms with E-state index in [1.165, 1.54) is 0 Å². The van der Waals surface area contributed by atoms with Gasteiger partial charge in [0, 0.05) is 35.3 Å². The molecule has 0 aliphatic rings. The summed E-state index contributed by atoms with van der Waals surface area (Å²) in [5, 5.41) is 4.80. The first-order valence-corrected chi connectivity index (χ1v) is 8.72. The molecular weight excluding hydrogens is 338 g/mol. The average molecular weight is 357 g/mol. The van der Waals surface area contributed by atoms with Crippen LogP contribution >= 0.6 is 0 Å². The summed E-state index contributed by atoms with van der Waals surface area (Å²) in [6.07, 6.45) is 1.69. The van der Waals surface area contributed by atoms with Crippen molar-refractivity contribution in [1.29, 1.82) is 0 Å². The fraction of sp³-hybridized carbons (Fsp3) is 0.136. The third kappa shape index (κ3) is 2.87. The minimum atomic E-state index is -0.197. The van der Waals surface area contributed by atoms with Gasteiger partial charge in [0.05, 0.1) is 16.6 Å². The molecule has 2 heterocycles. The number of pyridine rings is 2. The fourth-order valence-corrected chi connectivity index (χ4v) is 3.45. The molecule has 0 unspecified atom stereocenters. The standard InChI is InChI=1S/C22H19N3O2/c1-13-6-7-15-5-4-10-23-20(15)19(13)21(26)24-17-8-9-18-16(12-17)11-14(2)22(27)25(18)3/h4-12H,1-3H3,(H,24,26).